The number of rotatable bonds is 5. The zero-order chi connectivity index (χ0) is 20.4. The van der Waals surface area contributed by atoms with E-state index in [0.29, 0.717) is 24.1 Å². The van der Waals surface area contributed by atoms with Crippen molar-refractivity contribution in [2.75, 3.05) is 6.54 Å². The van der Waals surface area contributed by atoms with Crippen LogP contribution in [0.5, 0.6) is 0 Å². The Hall–Kier alpha value is -3.40. The summed E-state index contributed by atoms with van der Waals surface area (Å²) in [5.74, 6) is -1.17. The van der Waals surface area contributed by atoms with Crippen molar-refractivity contribution < 1.29 is 14.3 Å². The van der Waals surface area contributed by atoms with Gasteiger partial charge in [-0.1, -0.05) is 78.4 Å². The average Bonchev–Trinajstić information content (AvgIpc) is 2.98. The molecule has 0 spiro atoms. The summed E-state index contributed by atoms with van der Waals surface area (Å²) in [6, 6.07) is 23.2. The van der Waals surface area contributed by atoms with Gasteiger partial charge in [0.05, 0.1) is 6.04 Å². The third kappa shape index (κ3) is 3.66. The van der Waals surface area contributed by atoms with E-state index in [0.717, 1.165) is 16.7 Å². The summed E-state index contributed by atoms with van der Waals surface area (Å²) < 4.78 is 14.7. The maximum absolute atomic E-state index is 14.7. The molecule has 1 aliphatic rings. The van der Waals surface area contributed by atoms with Gasteiger partial charge < -0.3 is 10.0 Å². The fourth-order valence-electron chi connectivity index (χ4n) is 3.83. The average molecular weight is 387 g/mol. The van der Waals surface area contributed by atoms with Crippen molar-refractivity contribution in [3.63, 3.8) is 0 Å². The number of nitrogens with zero attached hydrogens (tertiary/aromatic N) is 1. The van der Waals surface area contributed by atoms with E-state index in [1.165, 1.54) is 6.07 Å². The molecule has 1 aliphatic heterocycles. The molecule has 1 amide bonds. The van der Waals surface area contributed by atoms with Crippen molar-refractivity contribution in [1.82, 2.24) is 4.90 Å². The summed E-state index contributed by atoms with van der Waals surface area (Å²) in [6.07, 6.45) is 0.617. The Labute approximate surface area is 169 Å². The van der Waals surface area contributed by atoms with E-state index in [4.69, 9.17) is 0 Å². The van der Waals surface area contributed by atoms with Crippen LogP contribution in [0.1, 0.15) is 28.3 Å². The second-order valence-electron chi connectivity index (χ2n) is 7.29. The highest BCUT2D eigenvalue weighted by atomic mass is 19.1. The van der Waals surface area contributed by atoms with Crippen LogP contribution in [0.2, 0.25) is 0 Å². The molecule has 0 fully saturated rings. The first-order valence-electron chi connectivity index (χ1n) is 9.66. The van der Waals surface area contributed by atoms with Crippen LogP contribution in [-0.2, 0) is 11.2 Å². The number of amides is 1. The molecule has 4 heteroatoms. The SMILES string of the molecule is Cc1ccc(C2=C(O)C(=O)N(CCc3ccccc3)[C@H]2c2ccccc2F)cc1. The van der Waals surface area contributed by atoms with Gasteiger partial charge >= 0.3 is 0 Å². The van der Waals surface area contributed by atoms with E-state index in [1.807, 2.05) is 61.5 Å². The van der Waals surface area contributed by atoms with E-state index in [2.05, 4.69) is 0 Å². The van der Waals surface area contributed by atoms with Gasteiger partial charge in [0.25, 0.3) is 5.91 Å². The topological polar surface area (TPSA) is 40.5 Å². The Balaban J connectivity index is 1.76. The van der Waals surface area contributed by atoms with Crippen molar-refractivity contribution in [2.24, 2.45) is 0 Å². The second-order valence-corrected chi connectivity index (χ2v) is 7.29. The second kappa shape index (κ2) is 7.92. The number of hydrogen-bond donors (Lipinski definition) is 1. The Bertz CT molecular complexity index is 1060. The highest BCUT2D eigenvalue weighted by Crippen LogP contribution is 2.43. The zero-order valence-electron chi connectivity index (χ0n) is 16.2. The quantitative estimate of drug-likeness (QED) is 0.651. The van der Waals surface area contributed by atoms with Gasteiger partial charge in [-0.25, -0.2) is 4.39 Å². The first kappa shape index (κ1) is 18.9. The van der Waals surface area contributed by atoms with Gasteiger partial charge in [-0.15, -0.1) is 0 Å². The van der Waals surface area contributed by atoms with Gasteiger partial charge in [-0.2, -0.15) is 0 Å². The van der Waals surface area contributed by atoms with Gasteiger partial charge in [0.2, 0.25) is 0 Å². The lowest BCUT2D eigenvalue weighted by Crippen LogP contribution is -2.32. The fraction of sp³-hybridized carbons (Fsp3) is 0.160. The minimum Gasteiger partial charge on any atom is -0.503 e. The molecule has 4 rings (SSSR count). The molecule has 1 heterocycles. The third-order valence-electron chi connectivity index (χ3n) is 5.35. The highest BCUT2D eigenvalue weighted by molar-refractivity contribution is 6.05. The number of carbonyl (C=O) groups is 1. The lowest BCUT2D eigenvalue weighted by Gasteiger charge is -2.27. The van der Waals surface area contributed by atoms with E-state index < -0.39 is 17.8 Å². The van der Waals surface area contributed by atoms with Crippen molar-refractivity contribution in [1.29, 1.82) is 0 Å². The van der Waals surface area contributed by atoms with Crippen molar-refractivity contribution >= 4 is 11.5 Å². The molecule has 0 bridgehead atoms. The first-order chi connectivity index (χ1) is 14.1. The smallest absolute Gasteiger partial charge is 0.289 e. The number of halogens is 1. The number of carbonyl (C=O) groups excluding carboxylic acids is 1. The molecule has 3 aromatic carbocycles. The minimum absolute atomic E-state index is 0.310. The van der Waals surface area contributed by atoms with Crippen molar-refractivity contribution in [3.8, 4) is 0 Å². The monoisotopic (exact) mass is 387 g/mol. The minimum atomic E-state index is -0.671. The lowest BCUT2D eigenvalue weighted by atomic mass is 9.92. The van der Waals surface area contributed by atoms with E-state index >= 15 is 0 Å². The molecule has 3 nitrogen and oxygen atoms in total. The van der Waals surface area contributed by atoms with Crippen LogP contribution in [0.15, 0.2) is 84.6 Å². The number of aliphatic hydroxyl groups is 1. The maximum Gasteiger partial charge on any atom is 0.289 e. The summed E-state index contributed by atoms with van der Waals surface area (Å²) in [6.45, 7) is 2.35. The van der Waals surface area contributed by atoms with Crippen LogP contribution in [-0.4, -0.2) is 22.5 Å². The number of benzene rings is 3. The summed E-state index contributed by atoms with van der Waals surface area (Å²) in [7, 11) is 0. The highest BCUT2D eigenvalue weighted by Gasteiger charge is 2.41. The molecular weight excluding hydrogens is 365 g/mol. The number of aliphatic hydroxyl groups excluding tert-OH is 1. The van der Waals surface area contributed by atoms with Gasteiger partial charge in [0.15, 0.2) is 5.76 Å². The molecule has 29 heavy (non-hydrogen) atoms. The van der Waals surface area contributed by atoms with Crippen LogP contribution < -0.4 is 0 Å². The Kier molecular flexibility index (Phi) is 5.17. The van der Waals surface area contributed by atoms with Crippen LogP contribution in [0, 0.1) is 12.7 Å². The third-order valence-corrected chi connectivity index (χ3v) is 5.35. The molecule has 1 atom stereocenters. The molecular formula is C25H22FNO2. The normalized spacial score (nSPS) is 16.6. The van der Waals surface area contributed by atoms with Crippen LogP contribution in [0.3, 0.4) is 0 Å². The largest absolute Gasteiger partial charge is 0.503 e. The zero-order valence-corrected chi connectivity index (χ0v) is 16.2. The Morgan fingerprint density at radius 1 is 0.931 bits per heavy atom. The number of aryl methyl sites for hydroxylation is 1. The molecule has 146 valence electrons. The van der Waals surface area contributed by atoms with Gasteiger partial charge in [-0.05, 0) is 30.5 Å². The summed E-state index contributed by atoms with van der Waals surface area (Å²) in [5, 5.41) is 10.7. The van der Waals surface area contributed by atoms with Crippen molar-refractivity contribution in [2.45, 2.75) is 19.4 Å². The van der Waals surface area contributed by atoms with Crippen molar-refractivity contribution in [3.05, 3.63) is 113 Å². The van der Waals surface area contributed by atoms with E-state index in [9.17, 15) is 14.3 Å². The summed E-state index contributed by atoms with van der Waals surface area (Å²) in [5.41, 5.74) is 3.70. The van der Waals surface area contributed by atoms with Gasteiger partial charge in [-0.3, -0.25) is 4.79 Å². The molecule has 0 radical (unpaired) electrons. The molecule has 0 saturated heterocycles. The molecule has 0 aliphatic carbocycles. The standard InChI is InChI=1S/C25H22FNO2/c1-17-11-13-19(14-12-17)22-23(20-9-5-6-10-21(20)26)27(25(29)24(22)28)16-15-18-7-3-2-4-8-18/h2-14,23,28H,15-16H2,1H3/t23-/m0/s1. The van der Waals surface area contributed by atoms with Crippen LogP contribution >= 0.6 is 0 Å². The van der Waals surface area contributed by atoms with Gasteiger partial charge in [0, 0.05) is 17.7 Å². The summed E-state index contributed by atoms with van der Waals surface area (Å²) >= 11 is 0. The molecule has 0 saturated carbocycles. The first-order valence-corrected chi connectivity index (χ1v) is 9.66. The van der Waals surface area contributed by atoms with Gasteiger partial charge in [0.1, 0.15) is 5.82 Å². The Morgan fingerprint density at radius 2 is 1.59 bits per heavy atom. The molecule has 3 aromatic rings. The van der Waals surface area contributed by atoms with E-state index in [1.54, 1.807) is 23.1 Å². The number of hydrogen-bond acceptors (Lipinski definition) is 2. The molecule has 0 aromatic heterocycles. The van der Waals surface area contributed by atoms with Crippen LogP contribution in [0.4, 0.5) is 4.39 Å². The molecule has 0 unspecified atom stereocenters. The van der Waals surface area contributed by atoms with E-state index in [-0.39, 0.29) is 5.76 Å². The van der Waals surface area contributed by atoms with Crippen LogP contribution in [0.25, 0.3) is 5.57 Å². The maximum atomic E-state index is 14.7. The predicted molar refractivity (Wildman–Crippen MR) is 112 cm³/mol. The molecule has 1 N–H and O–H groups in total. The lowest BCUT2D eigenvalue weighted by molar-refractivity contribution is -0.129. The summed E-state index contributed by atoms with van der Waals surface area (Å²) in [4.78, 5) is 14.5. The predicted octanol–water partition coefficient (Wildman–Crippen LogP) is 5.23. The Morgan fingerprint density at radius 3 is 2.28 bits per heavy atom. The fourth-order valence-corrected chi connectivity index (χ4v) is 3.83.